The van der Waals surface area contributed by atoms with E-state index in [0.717, 1.165) is 36.3 Å². The molecular weight excluding hydrogens is 310 g/mol. The summed E-state index contributed by atoms with van der Waals surface area (Å²) in [5, 5.41) is 0.740. The van der Waals surface area contributed by atoms with E-state index in [1.165, 1.54) is 25.0 Å². The number of amides is 2. The van der Waals surface area contributed by atoms with E-state index in [1.54, 1.807) is 0 Å². The molecule has 0 spiro atoms. The zero-order valence-electron chi connectivity index (χ0n) is 13.7. The standard InChI is InChI=1S/C18H23NO5/c20-17-7-8-18(21)19(17)24-12-11-22-9-10-23-13-16-14-5-3-1-2-4-6-15(14)16/h7-8,14-16H,3-6,9-13H2. The van der Waals surface area contributed by atoms with Crippen molar-refractivity contribution in [2.45, 2.75) is 25.7 Å². The first-order valence-corrected chi connectivity index (χ1v) is 8.57. The molecule has 3 rings (SSSR count). The number of carbonyl (C=O) groups excluding carboxylic acids is 2. The highest BCUT2D eigenvalue weighted by molar-refractivity contribution is 6.11. The van der Waals surface area contributed by atoms with Crippen LogP contribution in [-0.4, -0.2) is 49.9 Å². The molecule has 0 saturated heterocycles. The summed E-state index contributed by atoms with van der Waals surface area (Å²) in [5.41, 5.74) is 0. The van der Waals surface area contributed by atoms with Crippen LogP contribution in [0, 0.1) is 29.6 Å². The smallest absolute Gasteiger partial charge is 0.277 e. The van der Waals surface area contributed by atoms with Gasteiger partial charge < -0.3 is 9.47 Å². The number of nitrogens with zero attached hydrogens (tertiary/aromatic N) is 1. The minimum absolute atomic E-state index is 0.159. The third kappa shape index (κ3) is 4.44. The van der Waals surface area contributed by atoms with Gasteiger partial charge in [-0.05, 0) is 30.6 Å². The van der Waals surface area contributed by atoms with Crippen molar-refractivity contribution in [3.63, 3.8) is 0 Å². The van der Waals surface area contributed by atoms with E-state index >= 15 is 0 Å². The van der Waals surface area contributed by atoms with Gasteiger partial charge in [-0.2, -0.15) is 0 Å². The van der Waals surface area contributed by atoms with Gasteiger partial charge in [0.25, 0.3) is 11.8 Å². The SMILES string of the molecule is O=C1C=CC(=O)N1OCCOCCOCC1C2CCC#CCCC21. The van der Waals surface area contributed by atoms with E-state index in [9.17, 15) is 9.59 Å². The Morgan fingerprint density at radius 3 is 2.17 bits per heavy atom. The van der Waals surface area contributed by atoms with Gasteiger partial charge in [0.2, 0.25) is 0 Å². The third-order valence-electron chi connectivity index (χ3n) is 4.74. The van der Waals surface area contributed by atoms with Crippen molar-refractivity contribution in [2.24, 2.45) is 17.8 Å². The Labute approximate surface area is 142 Å². The van der Waals surface area contributed by atoms with Crippen molar-refractivity contribution in [1.82, 2.24) is 5.06 Å². The van der Waals surface area contributed by atoms with Crippen molar-refractivity contribution >= 4 is 11.8 Å². The molecule has 1 heterocycles. The highest BCUT2D eigenvalue weighted by Crippen LogP contribution is 2.52. The molecule has 24 heavy (non-hydrogen) atoms. The fourth-order valence-corrected chi connectivity index (χ4v) is 3.42. The molecular formula is C18H23NO5. The minimum atomic E-state index is -0.453. The molecule has 6 nitrogen and oxygen atoms in total. The van der Waals surface area contributed by atoms with E-state index in [1.807, 2.05) is 0 Å². The Bertz CT molecular complexity index is 525. The number of ether oxygens (including phenoxy) is 2. The maximum atomic E-state index is 11.2. The van der Waals surface area contributed by atoms with Crippen LogP contribution < -0.4 is 0 Å². The largest absolute Gasteiger partial charge is 0.379 e. The van der Waals surface area contributed by atoms with Gasteiger partial charge in [0.15, 0.2) is 0 Å². The molecule has 0 aromatic rings. The Balaban J connectivity index is 1.17. The fourth-order valence-electron chi connectivity index (χ4n) is 3.42. The molecule has 0 aromatic carbocycles. The van der Waals surface area contributed by atoms with Crippen LogP contribution in [0.5, 0.6) is 0 Å². The lowest BCUT2D eigenvalue weighted by molar-refractivity contribution is -0.189. The van der Waals surface area contributed by atoms with Gasteiger partial charge in [-0.15, -0.1) is 16.9 Å². The van der Waals surface area contributed by atoms with Crippen LogP contribution in [-0.2, 0) is 23.9 Å². The summed E-state index contributed by atoms with van der Waals surface area (Å²) < 4.78 is 11.1. The number of hydroxylamine groups is 2. The monoisotopic (exact) mass is 333 g/mol. The van der Waals surface area contributed by atoms with Crippen LogP contribution in [0.15, 0.2) is 12.2 Å². The molecule has 3 aliphatic rings. The van der Waals surface area contributed by atoms with E-state index in [0.29, 0.717) is 25.7 Å². The maximum Gasteiger partial charge on any atom is 0.277 e. The molecule has 2 amide bonds. The lowest BCUT2D eigenvalue weighted by Crippen LogP contribution is -2.31. The lowest BCUT2D eigenvalue weighted by atomic mass is 10.1. The highest BCUT2D eigenvalue weighted by Gasteiger charge is 2.48. The second-order valence-corrected chi connectivity index (χ2v) is 6.25. The summed E-state index contributed by atoms with van der Waals surface area (Å²) in [5.74, 6) is 7.82. The van der Waals surface area contributed by atoms with Crippen LogP contribution in [0.25, 0.3) is 0 Å². The lowest BCUT2D eigenvalue weighted by Gasteiger charge is -2.13. The normalized spacial score (nSPS) is 28.2. The van der Waals surface area contributed by atoms with Crippen molar-refractivity contribution < 1.29 is 23.9 Å². The van der Waals surface area contributed by atoms with Gasteiger partial charge in [-0.3, -0.25) is 14.4 Å². The first-order chi connectivity index (χ1) is 11.8. The van der Waals surface area contributed by atoms with Crippen LogP contribution in [0.2, 0.25) is 0 Å². The summed E-state index contributed by atoms with van der Waals surface area (Å²) in [6.07, 6.45) is 6.84. The van der Waals surface area contributed by atoms with Gasteiger partial charge in [0, 0.05) is 25.0 Å². The first kappa shape index (κ1) is 17.2. The predicted octanol–water partition coefficient (Wildman–Crippen LogP) is 1.32. The average Bonchev–Trinajstić information content (AvgIpc) is 3.08. The molecule has 2 atom stereocenters. The summed E-state index contributed by atoms with van der Waals surface area (Å²) in [4.78, 5) is 27.5. The molecule has 0 radical (unpaired) electrons. The molecule has 0 N–H and O–H groups in total. The summed E-state index contributed by atoms with van der Waals surface area (Å²) in [6, 6.07) is 0. The molecule has 1 saturated carbocycles. The van der Waals surface area contributed by atoms with Gasteiger partial charge in [-0.25, -0.2) is 0 Å². The zero-order chi connectivity index (χ0) is 16.8. The Kier molecular flexibility index (Phi) is 6.02. The van der Waals surface area contributed by atoms with E-state index < -0.39 is 11.8 Å². The zero-order valence-corrected chi connectivity index (χ0v) is 13.7. The van der Waals surface area contributed by atoms with Crippen LogP contribution in [0.4, 0.5) is 0 Å². The van der Waals surface area contributed by atoms with Gasteiger partial charge in [-0.1, -0.05) is 0 Å². The molecule has 1 aliphatic heterocycles. The van der Waals surface area contributed by atoms with Crippen LogP contribution in [0.1, 0.15) is 25.7 Å². The van der Waals surface area contributed by atoms with Crippen LogP contribution in [0.3, 0.4) is 0 Å². The number of hydrogen-bond acceptors (Lipinski definition) is 5. The molecule has 2 unspecified atom stereocenters. The topological polar surface area (TPSA) is 65.1 Å². The first-order valence-electron chi connectivity index (χ1n) is 8.57. The molecule has 1 fully saturated rings. The van der Waals surface area contributed by atoms with Crippen molar-refractivity contribution in [3.05, 3.63) is 12.2 Å². The Morgan fingerprint density at radius 1 is 0.917 bits per heavy atom. The summed E-state index contributed by atoms with van der Waals surface area (Å²) >= 11 is 0. The maximum absolute atomic E-state index is 11.2. The highest BCUT2D eigenvalue weighted by atomic mass is 16.7. The van der Waals surface area contributed by atoms with Gasteiger partial charge >= 0.3 is 0 Å². The van der Waals surface area contributed by atoms with Crippen molar-refractivity contribution in [2.75, 3.05) is 33.0 Å². The van der Waals surface area contributed by atoms with Crippen LogP contribution >= 0.6 is 0 Å². The van der Waals surface area contributed by atoms with E-state index in [2.05, 4.69) is 11.8 Å². The van der Waals surface area contributed by atoms with E-state index in [-0.39, 0.29) is 6.61 Å². The number of carbonyl (C=O) groups is 2. The quantitative estimate of drug-likeness (QED) is 0.362. The van der Waals surface area contributed by atoms with Crippen molar-refractivity contribution in [3.8, 4) is 11.8 Å². The predicted molar refractivity (Wildman–Crippen MR) is 85.3 cm³/mol. The summed E-state index contributed by atoms with van der Waals surface area (Å²) in [7, 11) is 0. The molecule has 6 heteroatoms. The Hall–Kier alpha value is -1.68. The number of rotatable bonds is 9. The van der Waals surface area contributed by atoms with E-state index in [4.69, 9.17) is 14.3 Å². The number of hydrogen-bond donors (Lipinski definition) is 0. The molecule has 0 aromatic heterocycles. The average molecular weight is 333 g/mol. The fraction of sp³-hybridized carbons (Fsp3) is 0.667. The van der Waals surface area contributed by atoms with Gasteiger partial charge in [0.05, 0.1) is 33.0 Å². The summed E-state index contributed by atoms with van der Waals surface area (Å²) in [6.45, 7) is 2.31. The number of fused-ring (bicyclic) bond motifs is 1. The molecule has 2 aliphatic carbocycles. The van der Waals surface area contributed by atoms with Crippen molar-refractivity contribution in [1.29, 1.82) is 0 Å². The third-order valence-corrected chi connectivity index (χ3v) is 4.74. The molecule has 0 bridgehead atoms. The van der Waals surface area contributed by atoms with Gasteiger partial charge in [0.1, 0.15) is 0 Å². The second kappa shape index (κ2) is 8.43. The molecule has 130 valence electrons. The second-order valence-electron chi connectivity index (χ2n) is 6.25. The minimum Gasteiger partial charge on any atom is -0.379 e. The number of imide groups is 1. The Morgan fingerprint density at radius 2 is 1.50 bits per heavy atom.